The van der Waals surface area contributed by atoms with E-state index in [0.29, 0.717) is 0 Å². The fraction of sp³-hybridized carbons (Fsp3) is 0.143. The first kappa shape index (κ1) is 10.8. The second kappa shape index (κ2) is 4.87. The number of hydrogen-bond acceptors (Lipinski definition) is 4. The molecular weight excluding hydrogens is 224 g/mol. The van der Waals surface area contributed by atoms with Crippen LogP contribution in [0.1, 0.15) is 0 Å². The lowest BCUT2D eigenvalue weighted by Gasteiger charge is -2.25. The first-order chi connectivity index (χ1) is 8.93. The fourth-order valence-electron chi connectivity index (χ4n) is 2.01. The van der Waals surface area contributed by atoms with E-state index in [9.17, 15) is 0 Å². The molecule has 0 spiro atoms. The van der Waals surface area contributed by atoms with Crippen LogP contribution >= 0.6 is 0 Å². The van der Waals surface area contributed by atoms with Crippen LogP contribution in [0.5, 0.6) is 0 Å². The Labute approximate surface area is 107 Å². The van der Waals surface area contributed by atoms with Gasteiger partial charge in [0.25, 0.3) is 0 Å². The monoisotopic (exact) mass is 240 g/mol. The van der Waals surface area contributed by atoms with Gasteiger partial charge in [-0.1, -0.05) is 0 Å². The van der Waals surface area contributed by atoms with E-state index in [1.807, 2.05) is 36.7 Å². The maximum Gasteiger partial charge on any atom is 0.0591 e. The van der Waals surface area contributed by atoms with Crippen LogP contribution in [0.2, 0.25) is 0 Å². The predicted octanol–water partition coefficient (Wildman–Crippen LogP) is 2.15. The van der Waals surface area contributed by atoms with Crippen molar-refractivity contribution in [1.29, 1.82) is 0 Å². The molecule has 4 rings (SSSR count). The molecule has 0 aromatic carbocycles. The van der Waals surface area contributed by atoms with Gasteiger partial charge in [-0.05, 0) is 36.5 Å². The van der Waals surface area contributed by atoms with Crippen molar-refractivity contribution < 1.29 is 0 Å². The topological polar surface area (TPSA) is 13.0 Å². The minimum absolute atomic E-state index is 1.00. The minimum atomic E-state index is 1.00. The van der Waals surface area contributed by atoms with Gasteiger partial charge >= 0.3 is 0 Å². The average molecular weight is 240 g/mol. The summed E-state index contributed by atoms with van der Waals surface area (Å²) in [6, 6.07) is 0. The smallest absolute Gasteiger partial charge is 0.0591 e. The highest BCUT2D eigenvalue weighted by molar-refractivity contribution is 5.13. The summed E-state index contributed by atoms with van der Waals surface area (Å²) in [5.41, 5.74) is 0. The summed E-state index contributed by atoms with van der Waals surface area (Å²) >= 11 is 0. The van der Waals surface area contributed by atoms with Crippen molar-refractivity contribution in [2.24, 2.45) is 0 Å². The van der Waals surface area contributed by atoms with Gasteiger partial charge in [-0.3, -0.25) is 20.0 Å². The zero-order valence-corrected chi connectivity index (χ0v) is 10.1. The van der Waals surface area contributed by atoms with Crippen LogP contribution in [0, 0.1) is 0 Å². The van der Waals surface area contributed by atoms with Gasteiger partial charge in [0.2, 0.25) is 0 Å². The van der Waals surface area contributed by atoms with Crippen LogP contribution < -0.4 is 0 Å². The molecule has 0 aromatic heterocycles. The number of hydrazine groups is 2. The molecule has 0 radical (unpaired) electrons. The molecule has 0 saturated heterocycles. The second-order valence-corrected chi connectivity index (χ2v) is 4.14. The van der Waals surface area contributed by atoms with Crippen LogP contribution in [0.25, 0.3) is 0 Å². The highest BCUT2D eigenvalue weighted by atomic mass is 15.6. The molecule has 0 saturated carbocycles. The molecule has 0 N–H and O–H groups in total. The summed E-state index contributed by atoms with van der Waals surface area (Å²) < 4.78 is 0. The molecule has 4 heterocycles. The van der Waals surface area contributed by atoms with E-state index in [1.165, 1.54) is 0 Å². The van der Waals surface area contributed by atoms with Crippen molar-refractivity contribution in [2.45, 2.75) is 0 Å². The van der Waals surface area contributed by atoms with Gasteiger partial charge < -0.3 is 0 Å². The third kappa shape index (κ3) is 2.18. The lowest BCUT2D eigenvalue weighted by molar-refractivity contribution is 0.170. The highest BCUT2D eigenvalue weighted by Gasteiger charge is 2.10. The van der Waals surface area contributed by atoms with E-state index in [2.05, 4.69) is 57.0 Å². The highest BCUT2D eigenvalue weighted by Crippen LogP contribution is 2.12. The molecule has 4 nitrogen and oxygen atoms in total. The van der Waals surface area contributed by atoms with Crippen molar-refractivity contribution >= 4 is 0 Å². The van der Waals surface area contributed by atoms with Gasteiger partial charge in [-0.15, -0.1) is 0 Å². The summed E-state index contributed by atoms with van der Waals surface area (Å²) in [7, 11) is 0. The zero-order valence-electron chi connectivity index (χ0n) is 10.1. The quantitative estimate of drug-likeness (QED) is 0.643. The van der Waals surface area contributed by atoms with Crippen molar-refractivity contribution in [1.82, 2.24) is 20.0 Å². The summed E-state index contributed by atoms with van der Waals surface area (Å²) in [6.07, 6.45) is 24.6. The van der Waals surface area contributed by atoms with E-state index < -0.39 is 0 Å². The Morgan fingerprint density at radius 3 is 1.39 bits per heavy atom. The number of rotatable bonds is 0. The van der Waals surface area contributed by atoms with Crippen LogP contribution in [0.3, 0.4) is 0 Å². The molecule has 0 amide bonds. The molecule has 4 aliphatic rings. The van der Waals surface area contributed by atoms with Crippen LogP contribution in [0.15, 0.2) is 73.7 Å². The van der Waals surface area contributed by atoms with E-state index >= 15 is 0 Å². The number of fused-ring (bicyclic) bond motifs is 2. The molecule has 0 fully saturated rings. The van der Waals surface area contributed by atoms with E-state index in [0.717, 1.165) is 13.1 Å². The SMILES string of the molecule is C1=CN2C=CCN2C=C1.C1=CN2C=CCN2C=C1. The second-order valence-electron chi connectivity index (χ2n) is 4.14. The Bertz CT molecular complexity index is 426. The lowest BCUT2D eigenvalue weighted by Crippen LogP contribution is -2.26. The zero-order chi connectivity index (χ0) is 12.2. The molecule has 0 aromatic rings. The van der Waals surface area contributed by atoms with Gasteiger partial charge in [-0.25, -0.2) is 0 Å². The molecule has 0 unspecified atom stereocenters. The third-order valence-electron chi connectivity index (χ3n) is 2.91. The lowest BCUT2D eigenvalue weighted by atomic mass is 10.5. The van der Waals surface area contributed by atoms with Crippen molar-refractivity contribution in [2.75, 3.05) is 13.1 Å². The van der Waals surface area contributed by atoms with Crippen molar-refractivity contribution in [3.8, 4) is 0 Å². The van der Waals surface area contributed by atoms with Crippen LogP contribution in [-0.4, -0.2) is 33.1 Å². The normalized spacial score (nSPS) is 21.3. The van der Waals surface area contributed by atoms with Crippen molar-refractivity contribution in [3.05, 3.63) is 73.7 Å². The number of nitrogens with zero attached hydrogens (tertiary/aromatic N) is 4. The van der Waals surface area contributed by atoms with E-state index in [4.69, 9.17) is 0 Å². The molecular formula is C14H16N4. The Morgan fingerprint density at radius 1 is 0.500 bits per heavy atom. The van der Waals surface area contributed by atoms with Crippen LogP contribution in [-0.2, 0) is 0 Å². The molecule has 0 bridgehead atoms. The first-order valence-corrected chi connectivity index (χ1v) is 6.06. The maximum atomic E-state index is 2.12. The summed E-state index contributed by atoms with van der Waals surface area (Å²) in [5, 5.41) is 8.36. The fourth-order valence-corrected chi connectivity index (χ4v) is 2.01. The van der Waals surface area contributed by atoms with E-state index in [-0.39, 0.29) is 0 Å². The predicted molar refractivity (Wildman–Crippen MR) is 71.9 cm³/mol. The van der Waals surface area contributed by atoms with Gasteiger partial charge in [0.15, 0.2) is 0 Å². The number of hydrogen-bond donors (Lipinski definition) is 0. The summed E-state index contributed by atoms with van der Waals surface area (Å²) in [6.45, 7) is 2.00. The molecule has 4 aliphatic heterocycles. The summed E-state index contributed by atoms with van der Waals surface area (Å²) in [5.74, 6) is 0. The summed E-state index contributed by atoms with van der Waals surface area (Å²) in [4.78, 5) is 0. The molecule has 0 atom stereocenters. The Hall–Kier alpha value is -2.36. The Balaban J connectivity index is 0.000000111. The minimum Gasteiger partial charge on any atom is -0.285 e. The van der Waals surface area contributed by atoms with Gasteiger partial charge in [0.1, 0.15) is 0 Å². The average Bonchev–Trinajstić information content (AvgIpc) is 3.08. The van der Waals surface area contributed by atoms with Gasteiger partial charge in [0.05, 0.1) is 13.1 Å². The number of allylic oxidation sites excluding steroid dienone is 4. The largest absolute Gasteiger partial charge is 0.285 e. The van der Waals surface area contributed by atoms with Gasteiger partial charge in [0, 0.05) is 37.2 Å². The maximum absolute atomic E-state index is 2.12. The Kier molecular flexibility index (Phi) is 2.92. The standard InChI is InChI=1S/2C7H8N2/c2*1-2-5-9-7-3-6-8(9)4-1/h2*1-6H,7H2. The first-order valence-electron chi connectivity index (χ1n) is 6.06. The van der Waals surface area contributed by atoms with Crippen molar-refractivity contribution in [3.63, 3.8) is 0 Å². The van der Waals surface area contributed by atoms with Gasteiger partial charge in [-0.2, -0.15) is 0 Å². The molecule has 4 heteroatoms. The molecule has 0 aliphatic carbocycles. The van der Waals surface area contributed by atoms with E-state index in [1.54, 1.807) is 0 Å². The third-order valence-corrected chi connectivity index (χ3v) is 2.91. The molecule has 92 valence electrons. The molecule has 18 heavy (non-hydrogen) atoms. The Morgan fingerprint density at radius 2 is 0.944 bits per heavy atom. The van der Waals surface area contributed by atoms with Crippen LogP contribution in [0.4, 0.5) is 0 Å².